The molecule has 0 radical (unpaired) electrons. The van der Waals surface area contributed by atoms with Gasteiger partial charge in [-0.2, -0.15) is 0 Å². The number of nitrogens with zero attached hydrogens (tertiary/aromatic N) is 1. The molecule has 4 amide bonds. The van der Waals surface area contributed by atoms with E-state index in [1.807, 2.05) is 30.3 Å². The number of hydrogen-bond acceptors (Lipinski definition) is 7. The number of phenolic OH excluding ortho intramolecular Hbond substituents is 1. The number of carbonyl (C=O) groups is 4. The van der Waals surface area contributed by atoms with Crippen LogP contribution in [0.3, 0.4) is 0 Å². The van der Waals surface area contributed by atoms with Crippen molar-refractivity contribution >= 4 is 24.0 Å². The van der Waals surface area contributed by atoms with Crippen LogP contribution in [0, 0.1) is 13.8 Å². The third-order valence-electron chi connectivity index (χ3n) is 6.99. The van der Waals surface area contributed by atoms with Gasteiger partial charge in [0.2, 0.25) is 11.8 Å². The maximum absolute atomic E-state index is 13.3. The van der Waals surface area contributed by atoms with E-state index in [9.17, 15) is 24.3 Å². The molecule has 0 aliphatic carbocycles. The molecule has 234 valence electrons. The zero-order valence-electron chi connectivity index (χ0n) is 25.7. The average molecular weight is 597 g/mol. The summed E-state index contributed by atoms with van der Waals surface area (Å²) in [5, 5.41) is 18.4. The topological polar surface area (TPSA) is 146 Å². The van der Waals surface area contributed by atoms with E-state index >= 15 is 0 Å². The number of hydrogen-bond donors (Lipinski definition) is 4. The number of benzene rings is 2. The predicted octanol–water partition coefficient (Wildman–Crippen LogP) is 4.22. The van der Waals surface area contributed by atoms with Gasteiger partial charge in [0.15, 0.2) is 0 Å². The number of alkyl carbamates (subject to hydrolysis) is 1. The van der Waals surface area contributed by atoms with Gasteiger partial charge in [-0.3, -0.25) is 14.5 Å². The Balaban J connectivity index is 1.60. The minimum absolute atomic E-state index is 0.138. The fourth-order valence-corrected chi connectivity index (χ4v) is 4.85. The predicted molar refractivity (Wildman–Crippen MR) is 161 cm³/mol. The van der Waals surface area contributed by atoms with Crippen molar-refractivity contribution in [2.24, 2.45) is 0 Å². The van der Waals surface area contributed by atoms with Crippen molar-refractivity contribution in [2.45, 2.75) is 91.1 Å². The molecule has 2 aromatic rings. The van der Waals surface area contributed by atoms with Crippen LogP contribution in [0.2, 0.25) is 0 Å². The van der Waals surface area contributed by atoms with Crippen molar-refractivity contribution in [1.82, 2.24) is 20.9 Å². The molecule has 1 aliphatic rings. The highest BCUT2D eigenvalue weighted by Gasteiger charge is 2.38. The van der Waals surface area contributed by atoms with E-state index in [1.165, 1.54) is 4.90 Å². The molecule has 4 N–H and O–H groups in total. The van der Waals surface area contributed by atoms with Crippen molar-refractivity contribution < 1.29 is 33.8 Å². The van der Waals surface area contributed by atoms with Crippen LogP contribution in [-0.4, -0.2) is 64.8 Å². The first-order valence-corrected chi connectivity index (χ1v) is 14.7. The summed E-state index contributed by atoms with van der Waals surface area (Å²) in [6.45, 7) is 9.82. The fraction of sp³-hybridized carbons (Fsp3) is 0.500. The number of aromatic hydroxyl groups is 1. The lowest BCUT2D eigenvalue weighted by molar-refractivity contribution is -0.131. The maximum atomic E-state index is 13.3. The van der Waals surface area contributed by atoms with Gasteiger partial charge in [-0.25, -0.2) is 9.59 Å². The largest absolute Gasteiger partial charge is 0.507 e. The minimum atomic E-state index is -0.907. The summed E-state index contributed by atoms with van der Waals surface area (Å²) in [7, 11) is 0. The molecular weight excluding hydrogens is 552 g/mol. The Hall–Kier alpha value is -4.28. The van der Waals surface area contributed by atoms with Crippen LogP contribution >= 0.6 is 0 Å². The van der Waals surface area contributed by atoms with E-state index in [2.05, 4.69) is 16.0 Å². The van der Waals surface area contributed by atoms with E-state index in [0.717, 1.165) is 11.1 Å². The Morgan fingerprint density at radius 2 is 1.70 bits per heavy atom. The number of amides is 4. The van der Waals surface area contributed by atoms with Crippen LogP contribution < -0.4 is 16.0 Å². The Labute approximate surface area is 253 Å². The Morgan fingerprint density at radius 1 is 1.02 bits per heavy atom. The molecule has 1 heterocycles. The maximum Gasteiger partial charge on any atom is 0.410 e. The first-order chi connectivity index (χ1) is 20.3. The van der Waals surface area contributed by atoms with Crippen LogP contribution in [0.15, 0.2) is 42.5 Å². The molecule has 2 aromatic carbocycles. The molecule has 11 nitrogen and oxygen atoms in total. The zero-order valence-corrected chi connectivity index (χ0v) is 25.7. The summed E-state index contributed by atoms with van der Waals surface area (Å²) in [6.07, 6.45) is 0.580. The summed E-state index contributed by atoms with van der Waals surface area (Å²) < 4.78 is 10.7. The molecule has 11 heteroatoms. The molecule has 0 spiro atoms. The molecule has 3 rings (SSSR count). The second-order valence-electron chi connectivity index (χ2n) is 11.8. The summed E-state index contributed by atoms with van der Waals surface area (Å²) in [6, 6.07) is 11.2. The number of ether oxygens (including phenoxy) is 2. The van der Waals surface area contributed by atoms with Crippen molar-refractivity contribution in [2.75, 3.05) is 13.1 Å². The Bertz CT molecular complexity index is 1250. The fourth-order valence-electron chi connectivity index (χ4n) is 4.85. The van der Waals surface area contributed by atoms with Crippen LogP contribution in [0.25, 0.3) is 0 Å². The van der Waals surface area contributed by atoms with Crippen molar-refractivity contribution in [3.63, 3.8) is 0 Å². The third-order valence-corrected chi connectivity index (χ3v) is 6.99. The molecule has 43 heavy (non-hydrogen) atoms. The third kappa shape index (κ3) is 10.5. The zero-order chi connectivity index (χ0) is 31.6. The number of rotatable bonds is 11. The lowest BCUT2D eigenvalue weighted by Gasteiger charge is -2.29. The van der Waals surface area contributed by atoms with Gasteiger partial charge >= 0.3 is 12.2 Å². The normalized spacial score (nSPS) is 15.4. The van der Waals surface area contributed by atoms with Gasteiger partial charge in [0.1, 0.15) is 30.0 Å². The van der Waals surface area contributed by atoms with Gasteiger partial charge in [0.25, 0.3) is 0 Å². The molecule has 1 saturated heterocycles. The van der Waals surface area contributed by atoms with Crippen molar-refractivity contribution in [3.05, 3.63) is 64.7 Å². The van der Waals surface area contributed by atoms with Gasteiger partial charge in [0.05, 0.1) is 0 Å². The number of aryl methyl sites for hydroxylation is 2. The van der Waals surface area contributed by atoms with Gasteiger partial charge in [-0.1, -0.05) is 42.5 Å². The number of nitrogens with one attached hydrogen (secondary N) is 3. The first kappa shape index (κ1) is 33.2. The van der Waals surface area contributed by atoms with Crippen LogP contribution in [0.5, 0.6) is 5.75 Å². The number of phenols is 1. The Kier molecular flexibility index (Phi) is 11.8. The smallest absolute Gasteiger partial charge is 0.410 e. The first-order valence-electron chi connectivity index (χ1n) is 14.7. The average Bonchev–Trinajstić information content (AvgIpc) is 3.45. The molecule has 1 fully saturated rings. The minimum Gasteiger partial charge on any atom is -0.507 e. The van der Waals surface area contributed by atoms with Gasteiger partial charge in [-0.05, 0) is 82.6 Å². The molecular formula is C32H44N4O7. The second-order valence-corrected chi connectivity index (χ2v) is 11.8. The van der Waals surface area contributed by atoms with E-state index in [-0.39, 0.29) is 31.9 Å². The SMILES string of the molecule is Cc1cc(CNC(=O)C(CCCNC(=O)OCc2ccccc2)NC(=O)[C@@H]2CCCN2C(=O)OC(C)(C)C)cc(C)c1O. The van der Waals surface area contributed by atoms with Crippen LogP contribution in [0.4, 0.5) is 9.59 Å². The summed E-state index contributed by atoms with van der Waals surface area (Å²) in [4.78, 5) is 52.9. The van der Waals surface area contributed by atoms with Crippen molar-refractivity contribution in [3.8, 4) is 5.75 Å². The van der Waals surface area contributed by atoms with Crippen molar-refractivity contribution in [1.29, 1.82) is 0 Å². The van der Waals surface area contributed by atoms with Gasteiger partial charge in [-0.15, -0.1) is 0 Å². The molecule has 1 unspecified atom stereocenters. The highest BCUT2D eigenvalue weighted by molar-refractivity contribution is 5.91. The summed E-state index contributed by atoms with van der Waals surface area (Å²) >= 11 is 0. The van der Waals surface area contributed by atoms with Gasteiger partial charge in [0, 0.05) is 19.6 Å². The molecule has 0 bridgehead atoms. The Morgan fingerprint density at radius 3 is 2.35 bits per heavy atom. The molecule has 1 aliphatic heterocycles. The van der Waals surface area contributed by atoms with Gasteiger partial charge < -0.3 is 30.5 Å². The highest BCUT2D eigenvalue weighted by atomic mass is 16.6. The van der Waals surface area contributed by atoms with Crippen LogP contribution in [-0.2, 0) is 32.2 Å². The van der Waals surface area contributed by atoms with E-state index in [0.29, 0.717) is 36.9 Å². The monoisotopic (exact) mass is 596 g/mol. The summed E-state index contributed by atoms with van der Waals surface area (Å²) in [5.74, 6) is -0.624. The quantitative estimate of drug-likeness (QED) is 0.284. The summed E-state index contributed by atoms with van der Waals surface area (Å²) in [5.41, 5.74) is 2.36. The van der Waals surface area contributed by atoms with E-state index in [4.69, 9.17) is 9.47 Å². The van der Waals surface area contributed by atoms with E-state index < -0.39 is 41.7 Å². The molecule has 2 atom stereocenters. The lowest BCUT2D eigenvalue weighted by Crippen LogP contribution is -2.53. The molecule has 0 aromatic heterocycles. The highest BCUT2D eigenvalue weighted by Crippen LogP contribution is 2.23. The lowest BCUT2D eigenvalue weighted by atomic mass is 10.1. The standard InChI is InChI=1S/C32H44N4O7/c1-21-17-24(18-22(2)27(21)37)19-34-28(38)25(13-9-15-33-30(40)42-20-23-11-7-6-8-12-23)35-29(39)26-14-10-16-36(26)31(41)43-32(3,4)5/h6-8,11-12,17-18,25-26,37H,9-10,13-16,19-20H2,1-5H3,(H,33,40)(H,34,38)(H,35,39)/t25?,26-/m0/s1. The van der Waals surface area contributed by atoms with Crippen LogP contribution in [0.1, 0.15) is 68.7 Å². The van der Waals surface area contributed by atoms with E-state index in [1.54, 1.807) is 46.8 Å². The molecule has 0 saturated carbocycles. The number of likely N-dealkylation sites (tertiary alicyclic amines) is 1. The second kappa shape index (κ2) is 15.3. The number of carbonyl (C=O) groups excluding carboxylic acids is 4.